The van der Waals surface area contributed by atoms with Gasteiger partial charge in [-0.05, 0) is 77.5 Å². The summed E-state index contributed by atoms with van der Waals surface area (Å²) in [5.74, 6) is 0.510. The predicted molar refractivity (Wildman–Crippen MR) is 160 cm³/mol. The lowest BCUT2D eigenvalue weighted by Gasteiger charge is -2.22. The average molecular weight is 536 g/mol. The van der Waals surface area contributed by atoms with E-state index in [4.69, 9.17) is 9.47 Å². The summed E-state index contributed by atoms with van der Waals surface area (Å²) in [4.78, 5) is 34.8. The first-order valence-electron chi connectivity index (χ1n) is 13.0. The van der Waals surface area contributed by atoms with Gasteiger partial charge in [0.05, 0.1) is 35.8 Å². The van der Waals surface area contributed by atoms with E-state index in [2.05, 4.69) is 41.4 Å². The van der Waals surface area contributed by atoms with E-state index in [1.54, 1.807) is 56.8 Å². The summed E-state index contributed by atoms with van der Waals surface area (Å²) in [7, 11) is 3.46. The van der Waals surface area contributed by atoms with E-state index in [0.717, 1.165) is 16.6 Å². The number of nitrogens with one attached hydrogen (secondary N) is 2. The number of nitrogens with zero attached hydrogens (tertiary/aromatic N) is 2. The van der Waals surface area contributed by atoms with E-state index in [9.17, 15) is 9.59 Å². The Balaban J connectivity index is 1.47. The van der Waals surface area contributed by atoms with Gasteiger partial charge in [-0.3, -0.25) is 19.6 Å². The molecule has 0 radical (unpaired) electrons. The maximum Gasteiger partial charge on any atom is 0.259 e. The number of aromatic nitrogens is 2. The molecule has 8 nitrogen and oxygen atoms in total. The van der Waals surface area contributed by atoms with Gasteiger partial charge in [-0.1, -0.05) is 26.8 Å². The summed E-state index contributed by atoms with van der Waals surface area (Å²) in [5.41, 5.74) is 5.08. The van der Waals surface area contributed by atoms with Gasteiger partial charge in [-0.15, -0.1) is 0 Å². The molecule has 2 aromatic carbocycles. The first-order valence-corrected chi connectivity index (χ1v) is 13.0. The highest BCUT2D eigenvalue weighted by atomic mass is 16.5. The molecule has 2 aromatic heterocycles. The topological polar surface area (TPSA) is 102 Å². The van der Waals surface area contributed by atoms with Crippen molar-refractivity contribution < 1.29 is 19.1 Å². The number of aryl methyl sites for hydroxylation is 1. The Bertz CT molecular complexity index is 1520. The van der Waals surface area contributed by atoms with Crippen LogP contribution >= 0.6 is 0 Å². The molecule has 0 spiro atoms. The Hall–Kier alpha value is -4.66. The maximum atomic E-state index is 13.3. The van der Waals surface area contributed by atoms with Gasteiger partial charge in [0.25, 0.3) is 11.8 Å². The van der Waals surface area contributed by atoms with Crippen molar-refractivity contribution in [2.45, 2.75) is 39.7 Å². The summed E-state index contributed by atoms with van der Waals surface area (Å²) in [6, 6.07) is 16.4. The number of hydrogen-bond acceptors (Lipinski definition) is 6. The lowest BCUT2D eigenvalue weighted by molar-refractivity contribution is 0.101. The first kappa shape index (κ1) is 28.4. The van der Waals surface area contributed by atoms with Crippen molar-refractivity contribution in [1.82, 2.24) is 9.97 Å². The number of pyridine rings is 2. The molecule has 0 aliphatic carbocycles. The van der Waals surface area contributed by atoms with Crippen molar-refractivity contribution in [3.8, 4) is 11.5 Å². The van der Waals surface area contributed by atoms with E-state index < -0.39 is 0 Å². The third kappa shape index (κ3) is 6.85. The highest BCUT2D eigenvalue weighted by Crippen LogP contribution is 2.27. The normalized spacial score (nSPS) is 11.0. The van der Waals surface area contributed by atoms with Gasteiger partial charge in [-0.25, -0.2) is 0 Å². The zero-order valence-corrected chi connectivity index (χ0v) is 23.7. The van der Waals surface area contributed by atoms with E-state index in [-0.39, 0.29) is 17.2 Å². The average Bonchev–Trinajstić information content (AvgIpc) is 2.93. The van der Waals surface area contributed by atoms with Crippen LogP contribution in [0.25, 0.3) is 0 Å². The van der Waals surface area contributed by atoms with Crippen LogP contribution in [-0.4, -0.2) is 36.7 Å². The van der Waals surface area contributed by atoms with Crippen LogP contribution < -0.4 is 25.6 Å². The molecular weight excluding hydrogens is 503 g/mol. The van der Waals surface area contributed by atoms with Crippen LogP contribution in [0.1, 0.15) is 58.3 Å². The van der Waals surface area contributed by atoms with Gasteiger partial charge >= 0.3 is 0 Å². The van der Waals surface area contributed by atoms with Crippen LogP contribution in [0, 0.1) is 6.92 Å². The lowest BCUT2D eigenvalue weighted by Crippen LogP contribution is -2.23. The molecule has 0 aliphatic heterocycles. The van der Waals surface area contributed by atoms with E-state index in [1.165, 1.54) is 6.20 Å². The maximum absolute atomic E-state index is 13.3. The van der Waals surface area contributed by atoms with Crippen LogP contribution in [-0.2, 0) is 12.0 Å². The lowest BCUT2D eigenvalue weighted by atomic mass is 9.81. The van der Waals surface area contributed by atoms with E-state index in [1.807, 2.05) is 32.1 Å². The summed E-state index contributed by atoms with van der Waals surface area (Å²) in [5, 5.41) is 5.76. The number of anilines is 2. The molecule has 9 heteroatoms. The van der Waals surface area contributed by atoms with Crippen molar-refractivity contribution in [3.63, 3.8) is 0 Å². The summed E-state index contributed by atoms with van der Waals surface area (Å²) >= 11 is 0. The monoisotopic (exact) mass is 536 g/mol. The van der Waals surface area contributed by atoms with Crippen molar-refractivity contribution in [2.75, 3.05) is 17.7 Å². The van der Waals surface area contributed by atoms with Crippen molar-refractivity contribution >= 4 is 36.5 Å². The van der Waals surface area contributed by atoms with Crippen LogP contribution in [0.15, 0.2) is 73.2 Å². The molecule has 2 amide bonds. The molecule has 4 aromatic rings. The fourth-order valence-corrected chi connectivity index (χ4v) is 4.15. The van der Waals surface area contributed by atoms with Gasteiger partial charge in [0.2, 0.25) is 0 Å². The molecule has 0 fully saturated rings. The quantitative estimate of drug-likeness (QED) is 0.323. The third-order valence-corrected chi connectivity index (χ3v) is 6.45. The number of rotatable bonds is 8. The van der Waals surface area contributed by atoms with Gasteiger partial charge in [0.15, 0.2) is 0 Å². The van der Waals surface area contributed by atoms with Gasteiger partial charge in [0.1, 0.15) is 26.0 Å². The molecule has 40 heavy (non-hydrogen) atoms. The zero-order valence-electron chi connectivity index (χ0n) is 23.7. The van der Waals surface area contributed by atoms with Crippen LogP contribution in [0.5, 0.6) is 11.5 Å². The number of carbonyl (C=O) groups excluding carboxylic acids is 2. The number of ether oxygens (including phenoxy) is 2. The Morgan fingerprint density at radius 2 is 1.55 bits per heavy atom. The largest absolute Gasteiger partial charge is 0.497 e. The minimum atomic E-state index is -0.342. The van der Waals surface area contributed by atoms with E-state index >= 15 is 0 Å². The molecule has 204 valence electrons. The molecular formula is C31H33BN4O4. The Morgan fingerprint density at radius 1 is 0.900 bits per heavy atom. The smallest absolute Gasteiger partial charge is 0.259 e. The van der Waals surface area contributed by atoms with Gasteiger partial charge in [0, 0.05) is 18.1 Å². The second-order valence-electron chi connectivity index (χ2n) is 10.6. The van der Waals surface area contributed by atoms with E-state index in [0.29, 0.717) is 46.3 Å². The minimum absolute atomic E-state index is 0.146. The molecule has 0 aliphatic rings. The standard InChI is InChI=1S/C31H33BN4O4/c1-19-25(29(37)35-22-6-8-24(9-7-22)40-18-20-10-12-33-13-11-20)16-23(17-34-19)36-30(38)26-14-21(31(2,3)4)15-27(32)28(26)39-5/h6-17H,18,32H2,1-5H3,(H,35,37)(H,36,38). The van der Waals surface area contributed by atoms with Crippen molar-refractivity contribution in [1.29, 1.82) is 0 Å². The molecule has 0 saturated carbocycles. The minimum Gasteiger partial charge on any atom is -0.497 e. The molecule has 4 rings (SSSR count). The second kappa shape index (κ2) is 12.0. The van der Waals surface area contributed by atoms with Gasteiger partial charge < -0.3 is 20.1 Å². The number of benzene rings is 2. The van der Waals surface area contributed by atoms with Crippen molar-refractivity contribution in [3.05, 3.63) is 101 Å². The van der Waals surface area contributed by atoms with Crippen LogP contribution in [0.4, 0.5) is 11.4 Å². The SMILES string of the molecule is Bc1cc(C(C)(C)C)cc(C(=O)Nc2cnc(C)c(C(=O)Nc3ccc(OCc4ccncc4)cc3)c2)c1OC. The Morgan fingerprint density at radius 3 is 2.20 bits per heavy atom. The Labute approximate surface area is 235 Å². The third-order valence-electron chi connectivity index (χ3n) is 6.45. The molecule has 2 heterocycles. The number of hydrogen-bond donors (Lipinski definition) is 2. The summed E-state index contributed by atoms with van der Waals surface area (Å²) in [6.45, 7) is 8.44. The number of methoxy groups -OCH3 is 1. The molecule has 0 saturated heterocycles. The highest BCUT2D eigenvalue weighted by molar-refractivity contribution is 6.35. The predicted octanol–water partition coefficient (Wildman–Crippen LogP) is 4.43. The fraction of sp³-hybridized carbons (Fsp3) is 0.226. The molecule has 2 N–H and O–H groups in total. The Kier molecular flexibility index (Phi) is 8.53. The second-order valence-corrected chi connectivity index (χ2v) is 10.6. The van der Waals surface area contributed by atoms with Gasteiger partial charge in [-0.2, -0.15) is 0 Å². The molecule has 0 atom stereocenters. The number of carbonyl (C=O) groups is 2. The fourth-order valence-electron chi connectivity index (χ4n) is 4.15. The molecule has 0 unspecified atom stereocenters. The zero-order chi connectivity index (χ0) is 28.9. The van der Waals surface area contributed by atoms with Crippen LogP contribution in [0.2, 0.25) is 0 Å². The summed E-state index contributed by atoms with van der Waals surface area (Å²) in [6.07, 6.45) is 4.97. The summed E-state index contributed by atoms with van der Waals surface area (Å²) < 4.78 is 11.3. The van der Waals surface area contributed by atoms with Crippen LogP contribution in [0.3, 0.4) is 0 Å². The molecule has 0 bridgehead atoms. The first-order chi connectivity index (χ1) is 19.0. The highest BCUT2D eigenvalue weighted by Gasteiger charge is 2.22. The van der Waals surface area contributed by atoms with Crippen molar-refractivity contribution in [2.24, 2.45) is 0 Å². The number of amides is 2.